The zero-order valence-corrected chi connectivity index (χ0v) is 38.0. The fourth-order valence-electron chi connectivity index (χ4n) is 9.48. The molecule has 0 spiro atoms. The van der Waals surface area contributed by atoms with Gasteiger partial charge in [0, 0.05) is 60.9 Å². The highest BCUT2D eigenvalue weighted by Gasteiger charge is 2.42. The minimum absolute atomic E-state index is 0.0787. The van der Waals surface area contributed by atoms with Crippen molar-refractivity contribution in [3.05, 3.63) is 177 Å². The third-order valence-corrected chi connectivity index (χ3v) is 13.4. The van der Waals surface area contributed by atoms with Crippen LogP contribution in [0.3, 0.4) is 0 Å². The number of rotatable bonds is 18. The van der Waals surface area contributed by atoms with Crippen LogP contribution in [0.1, 0.15) is 75.5 Å². The maximum Gasteiger partial charge on any atom is 0.345 e. The number of aliphatic hydroxyl groups is 2. The number of aromatic hydroxyl groups is 1. The third kappa shape index (κ3) is 11.5. The molecular weight excluding hydrogens is 863 g/mol. The standard InChI is InChI=1S/C54H59N5O9/c60-47-19-17-44(45-18-20-49(62)57-51(45)47)48(61)32-55-31-37-13-15-40(16-14-37)52(64)56-33-50(63)59-27-23-39(24-28-59)35-68-43-11-6-10-42(30-43)54(67,53(65)66)46-12-5-4-9-41(46)29-36-21-25-58(26-22-36)34-38-7-2-1-3-8-38/h1-20,30,36,39,48,55,60-61,67H,21-29,31-35H2,(H,56,64)(H,57,62)(H,65,66)/t48-,54-/m0/s1. The summed E-state index contributed by atoms with van der Waals surface area (Å²) in [6.45, 7) is 4.67. The number of amides is 2. The molecule has 14 heteroatoms. The second-order valence-electron chi connectivity index (χ2n) is 18.1. The van der Waals surface area contributed by atoms with Crippen molar-refractivity contribution in [1.29, 1.82) is 0 Å². The van der Waals surface area contributed by atoms with Crippen LogP contribution in [0.2, 0.25) is 0 Å². The summed E-state index contributed by atoms with van der Waals surface area (Å²) in [4.78, 5) is 57.6. The van der Waals surface area contributed by atoms with Crippen molar-refractivity contribution >= 4 is 28.7 Å². The lowest BCUT2D eigenvalue weighted by molar-refractivity contribution is -0.155. The maximum atomic E-state index is 13.1. The fraction of sp³-hybridized carbons (Fsp3) is 0.333. The van der Waals surface area contributed by atoms with Crippen LogP contribution >= 0.6 is 0 Å². The number of benzene rings is 5. The van der Waals surface area contributed by atoms with Gasteiger partial charge in [-0.1, -0.05) is 84.9 Å². The van der Waals surface area contributed by atoms with Gasteiger partial charge in [0.2, 0.25) is 17.1 Å². The van der Waals surface area contributed by atoms with Crippen LogP contribution in [-0.4, -0.2) is 98.9 Å². The van der Waals surface area contributed by atoms with E-state index < -0.39 is 17.7 Å². The van der Waals surface area contributed by atoms with E-state index in [4.69, 9.17) is 4.74 Å². The van der Waals surface area contributed by atoms with Crippen LogP contribution in [0.25, 0.3) is 10.9 Å². The molecule has 1 aromatic heterocycles. The quantitative estimate of drug-likeness (QED) is 0.0543. The van der Waals surface area contributed by atoms with Gasteiger partial charge < -0.3 is 45.7 Å². The Morgan fingerprint density at radius 2 is 1.51 bits per heavy atom. The highest BCUT2D eigenvalue weighted by molar-refractivity contribution is 5.96. The Balaban J connectivity index is 0.771. The largest absolute Gasteiger partial charge is 0.506 e. The number of ether oxygens (including phenoxy) is 1. The molecule has 5 aromatic carbocycles. The van der Waals surface area contributed by atoms with E-state index in [-0.39, 0.29) is 53.2 Å². The summed E-state index contributed by atoms with van der Waals surface area (Å²) in [5.74, 6) is -1.02. The molecule has 14 nitrogen and oxygen atoms in total. The average Bonchev–Trinajstić information content (AvgIpc) is 3.36. The number of carboxylic acids is 1. The molecule has 0 radical (unpaired) electrons. The number of fused-ring (bicyclic) bond motifs is 1. The Morgan fingerprint density at radius 1 is 0.794 bits per heavy atom. The summed E-state index contributed by atoms with van der Waals surface area (Å²) >= 11 is 0. The molecule has 7 N–H and O–H groups in total. The lowest BCUT2D eigenvalue weighted by Crippen LogP contribution is -2.44. The molecular formula is C54H59N5O9. The molecule has 0 bridgehead atoms. The van der Waals surface area contributed by atoms with E-state index in [1.807, 2.05) is 18.2 Å². The van der Waals surface area contributed by atoms with Gasteiger partial charge in [0.05, 0.1) is 24.8 Å². The fourth-order valence-corrected chi connectivity index (χ4v) is 9.48. The lowest BCUT2D eigenvalue weighted by Gasteiger charge is -2.33. The number of aliphatic hydroxyl groups excluding tert-OH is 1. The molecule has 2 aliphatic heterocycles. The minimum Gasteiger partial charge on any atom is -0.506 e. The van der Waals surface area contributed by atoms with Gasteiger partial charge in [-0.3, -0.25) is 19.3 Å². The highest BCUT2D eigenvalue weighted by atomic mass is 16.5. The van der Waals surface area contributed by atoms with Crippen molar-refractivity contribution in [2.75, 3.05) is 45.9 Å². The van der Waals surface area contributed by atoms with Crippen molar-refractivity contribution in [3.63, 3.8) is 0 Å². The summed E-state index contributed by atoms with van der Waals surface area (Å²) < 4.78 is 6.20. The highest BCUT2D eigenvalue weighted by Crippen LogP contribution is 2.37. The Bertz CT molecular complexity index is 2750. The molecule has 8 rings (SSSR count). The number of hydrogen-bond donors (Lipinski definition) is 7. The van der Waals surface area contributed by atoms with Crippen LogP contribution in [0.5, 0.6) is 11.5 Å². The van der Waals surface area contributed by atoms with Crippen LogP contribution in [0, 0.1) is 11.8 Å². The Hall–Kier alpha value is -6.84. The summed E-state index contributed by atoms with van der Waals surface area (Å²) in [6.07, 6.45) is 3.12. The monoisotopic (exact) mass is 921 g/mol. The van der Waals surface area contributed by atoms with Crippen LogP contribution in [0.15, 0.2) is 132 Å². The number of carbonyl (C=O) groups excluding carboxylic acids is 2. The number of pyridine rings is 1. The number of nitrogens with zero attached hydrogens (tertiary/aromatic N) is 2. The number of piperidine rings is 2. The molecule has 0 unspecified atom stereocenters. The number of phenols is 1. The molecule has 2 amide bonds. The number of carboxylic acid groups (broad SMARTS) is 1. The van der Waals surface area contributed by atoms with Crippen molar-refractivity contribution in [3.8, 4) is 11.5 Å². The summed E-state index contributed by atoms with van der Waals surface area (Å²) in [5, 5.41) is 50.1. The first-order chi connectivity index (χ1) is 32.9. The predicted molar refractivity (Wildman–Crippen MR) is 258 cm³/mol. The number of carbonyl (C=O) groups is 3. The van der Waals surface area contributed by atoms with Crippen LogP contribution in [0.4, 0.5) is 0 Å². The van der Waals surface area contributed by atoms with Crippen molar-refractivity contribution < 1.29 is 39.5 Å². The molecule has 6 aromatic rings. The number of phenolic OH excluding ortho intramolecular Hbond substituents is 1. The van der Waals surface area contributed by atoms with E-state index >= 15 is 0 Å². The molecule has 2 aliphatic rings. The molecule has 0 aliphatic carbocycles. The molecule has 0 saturated carbocycles. The Labute approximate surface area is 395 Å². The lowest BCUT2D eigenvalue weighted by atomic mass is 9.80. The van der Waals surface area contributed by atoms with Gasteiger partial charge in [0.1, 0.15) is 11.5 Å². The van der Waals surface area contributed by atoms with Crippen LogP contribution < -0.4 is 20.9 Å². The molecule has 68 heavy (non-hydrogen) atoms. The average molecular weight is 922 g/mol. The number of H-pyrrole nitrogens is 1. The number of aliphatic carboxylic acids is 1. The van der Waals surface area contributed by atoms with E-state index in [0.29, 0.717) is 79.2 Å². The minimum atomic E-state index is -2.28. The number of hydrogen-bond acceptors (Lipinski definition) is 10. The molecule has 2 atom stereocenters. The summed E-state index contributed by atoms with van der Waals surface area (Å²) in [7, 11) is 0. The predicted octanol–water partition coefficient (Wildman–Crippen LogP) is 5.88. The Morgan fingerprint density at radius 3 is 2.26 bits per heavy atom. The first kappa shape index (κ1) is 47.6. The Kier molecular flexibility index (Phi) is 15.3. The van der Waals surface area contributed by atoms with Crippen molar-refractivity contribution in [2.24, 2.45) is 11.8 Å². The van der Waals surface area contributed by atoms with Gasteiger partial charge >= 0.3 is 5.97 Å². The number of aromatic nitrogens is 1. The number of likely N-dealkylation sites (tertiary alicyclic amines) is 2. The second-order valence-corrected chi connectivity index (χ2v) is 18.1. The smallest absolute Gasteiger partial charge is 0.345 e. The number of nitrogens with one attached hydrogen (secondary N) is 3. The topological polar surface area (TPSA) is 205 Å². The SMILES string of the molecule is O=C(NCC(=O)N1CCC(COc2cccc([C@@](O)(C(=O)O)c3ccccc3CC3CCN(Cc4ccccc4)CC3)c2)CC1)c1ccc(CNC[C@H](O)c2ccc(O)c3[nH]c(=O)ccc23)cc1. The summed E-state index contributed by atoms with van der Waals surface area (Å²) in [5.41, 5.74) is 2.18. The second kappa shape index (κ2) is 21.9. The normalized spacial score (nSPS) is 16.2. The van der Waals surface area contributed by atoms with E-state index in [2.05, 4.69) is 44.8 Å². The first-order valence-corrected chi connectivity index (χ1v) is 23.4. The van der Waals surface area contributed by atoms with Gasteiger partial charge in [-0.15, -0.1) is 0 Å². The first-order valence-electron chi connectivity index (χ1n) is 23.4. The van der Waals surface area contributed by atoms with E-state index in [1.54, 1.807) is 77.7 Å². The van der Waals surface area contributed by atoms with Gasteiger partial charge in [-0.25, -0.2) is 4.79 Å². The van der Waals surface area contributed by atoms with Crippen LogP contribution in [-0.2, 0) is 34.7 Å². The zero-order valence-electron chi connectivity index (χ0n) is 38.0. The maximum absolute atomic E-state index is 13.1. The van der Waals surface area contributed by atoms with E-state index in [9.17, 15) is 39.6 Å². The molecule has 2 fully saturated rings. The molecule has 2 saturated heterocycles. The van der Waals surface area contributed by atoms with Gasteiger partial charge in [0.25, 0.3) is 5.91 Å². The van der Waals surface area contributed by atoms with Gasteiger partial charge in [0.15, 0.2) is 0 Å². The molecule has 354 valence electrons. The van der Waals surface area contributed by atoms with Crippen molar-refractivity contribution in [1.82, 2.24) is 25.4 Å². The molecule has 3 heterocycles. The van der Waals surface area contributed by atoms with E-state index in [0.717, 1.165) is 43.6 Å². The zero-order chi connectivity index (χ0) is 47.6. The van der Waals surface area contributed by atoms with Crippen molar-refractivity contribution in [2.45, 2.75) is 56.9 Å². The van der Waals surface area contributed by atoms with E-state index in [1.165, 1.54) is 17.7 Å². The summed E-state index contributed by atoms with van der Waals surface area (Å²) in [6, 6.07) is 37.4. The number of aromatic amines is 1. The van der Waals surface area contributed by atoms with Gasteiger partial charge in [-0.05, 0) is 116 Å². The van der Waals surface area contributed by atoms with Gasteiger partial charge in [-0.2, -0.15) is 0 Å². The third-order valence-electron chi connectivity index (χ3n) is 13.4.